The van der Waals surface area contributed by atoms with Crippen molar-refractivity contribution in [1.82, 2.24) is 0 Å². The predicted octanol–water partition coefficient (Wildman–Crippen LogP) is -3.54. The van der Waals surface area contributed by atoms with Gasteiger partial charge in [0.1, 0.15) is 0 Å². The second-order valence-electron chi connectivity index (χ2n) is 0.732. The van der Waals surface area contributed by atoms with E-state index in [1.807, 2.05) is 1.40 Å². The van der Waals surface area contributed by atoms with E-state index in [1.165, 1.54) is 0 Å². The molecule has 0 bridgehead atoms. The van der Waals surface area contributed by atoms with Gasteiger partial charge >= 0.3 is 59.7 Å². The summed E-state index contributed by atoms with van der Waals surface area (Å²) in [6.45, 7) is 0. The van der Waals surface area contributed by atoms with Gasteiger partial charge in [0, 0.05) is 0 Å². The van der Waals surface area contributed by atoms with E-state index in [1.54, 1.807) is 0 Å². The van der Waals surface area contributed by atoms with Crippen molar-refractivity contribution in [2.24, 2.45) is 0 Å². The molecular weight excluding hydrogens is 384 g/mol. The van der Waals surface area contributed by atoms with Crippen molar-refractivity contribution in [1.29, 1.82) is 0 Å². The van der Waals surface area contributed by atoms with Gasteiger partial charge < -0.3 is 0 Å². The minimum absolute atomic E-state index is 1.98. The van der Waals surface area contributed by atoms with Crippen molar-refractivity contribution in [3.8, 4) is 0 Å². The average Bonchev–Trinajstić information content (AvgIpc) is 1.14. The molecule has 0 radical (unpaired) electrons. The average molecular weight is 384 g/mol. The monoisotopic (exact) mass is 384 g/mol. The Balaban J connectivity index is 3.75. The molecule has 0 heterocycles. The van der Waals surface area contributed by atoms with Crippen molar-refractivity contribution in [2.45, 2.75) is 0 Å². The van der Waals surface area contributed by atoms with Gasteiger partial charge in [-0.05, 0) is 0 Å². The molecule has 0 saturated carbocycles. The van der Waals surface area contributed by atoms with E-state index in [0.29, 0.717) is 0 Å². The summed E-state index contributed by atoms with van der Waals surface area (Å²) in [6.07, 6.45) is 0. The molecule has 0 aliphatic rings. The molecular formula is F6I2O-2. The fourth-order valence-electron chi connectivity index (χ4n) is 0.0750. The summed E-state index contributed by atoms with van der Waals surface area (Å²) in [5.41, 5.74) is 0. The molecule has 0 unspecified atom stereocenters. The molecule has 0 aromatic rings. The van der Waals surface area contributed by atoms with Crippen molar-refractivity contribution >= 4 is 0 Å². The van der Waals surface area contributed by atoms with Crippen LogP contribution in [-0.4, -0.2) is 0 Å². The molecule has 9 heteroatoms. The van der Waals surface area contributed by atoms with Crippen molar-refractivity contribution < 1.29 is 59.7 Å². The summed E-state index contributed by atoms with van der Waals surface area (Å²) in [6, 6.07) is 0. The number of rotatable bonds is 2. The van der Waals surface area contributed by atoms with Crippen LogP contribution in [0.2, 0.25) is 0 Å². The Morgan fingerprint density at radius 1 is 0.667 bits per heavy atom. The summed E-state index contributed by atoms with van der Waals surface area (Å²) in [5, 5.41) is 0. The molecule has 0 aromatic heterocycles. The second kappa shape index (κ2) is 2.94. The van der Waals surface area contributed by atoms with Crippen LogP contribution in [0.3, 0.4) is 0 Å². The molecule has 0 saturated heterocycles. The first-order valence-electron chi connectivity index (χ1n) is 1.17. The van der Waals surface area contributed by atoms with Gasteiger partial charge in [0.05, 0.1) is 0 Å². The van der Waals surface area contributed by atoms with Crippen molar-refractivity contribution in [3.05, 3.63) is 0 Å². The third-order valence-corrected chi connectivity index (χ3v) is 5.95. The van der Waals surface area contributed by atoms with Gasteiger partial charge in [-0.25, -0.2) is 0 Å². The van der Waals surface area contributed by atoms with Crippen LogP contribution in [0.5, 0.6) is 0 Å². The number of hydrogen-bond donors (Lipinski definition) is 0. The van der Waals surface area contributed by atoms with Gasteiger partial charge in [0.15, 0.2) is 0 Å². The summed E-state index contributed by atoms with van der Waals surface area (Å²) in [5.74, 6) is 0. The van der Waals surface area contributed by atoms with Crippen LogP contribution in [0.15, 0.2) is 0 Å². The van der Waals surface area contributed by atoms with Gasteiger partial charge in [0.2, 0.25) is 0 Å². The first-order valence-corrected chi connectivity index (χ1v) is 7.82. The molecule has 0 aliphatic heterocycles. The van der Waals surface area contributed by atoms with Gasteiger partial charge in [-0.3, -0.25) is 0 Å². The Bertz CT molecular complexity index is 76.2. The van der Waals surface area contributed by atoms with E-state index in [-0.39, 0.29) is 0 Å². The van der Waals surface area contributed by atoms with Gasteiger partial charge in [0.25, 0.3) is 0 Å². The molecule has 0 N–H and O–H groups in total. The summed E-state index contributed by atoms with van der Waals surface area (Å²) >= 11 is -14.4. The maximum atomic E-state index is 10.8. The van der Waals surface area contributed by atoms with Crippen LogP contribution in [0.25, 0.3) is 0 Å². The van der Waals surface area contributed by atoms with Gasteiger partial charge in [-0.2, -0.15) is 0 Å². The Hall–Kier alpha value is 1.000. The maximum absolute atomic E-state index is 10.8. The minimum atomic E-state index is -7.22. The SMILES string of the molecule is F[I-](F)(F)O[I-](F)(F)F. The molecule has 0 spiro atoms. The second-order valence-corrected chi connectivity index (χ2v) is 7.15. The zero-order valence-corrected chi connectivity index (χ0v) is 7.75. The zero-order chi connectivity index (χ0) is 7.71. The van der Waals surface area contributed by atoms with Crippen molar-refractivity contribution in [2.75, 3.05) is 0 Å². The molecule has 9 heavy (non-hydrogen) atoms. The van der Waals surface area contributed by atoms with Crippen LogP contribution < -0.4 is 41.1 Å². The predicted molar refractivity (Wildman–Crippen MR) is 7.73 cm³/mol. The molecule has 0 atom stereocenters. The third kappa shape index (κ3) is 9.00. The number of halogens is 8. The van der Waals surface area contributed by atoms with E-state index >= 15 is 0 Å². The zero-order valence-electron chi connectivity index (χ0n) is 3.43. The Morgan fingerprint density at radius 2 is 0.889 bits per heavy atom. The van der Waals surface area contributed by atoms with E-state index in [4.69, 9.17) is 0 Å². The molecule has 1 nitrogen and oxygen atoms in total. The molecule has 0 aromatic carbocycles. The quantitative estimate of drug-likeness (QED) is 0.355. The first-order chi connectivity index (χ1) is 3.71. The molecule has 0 amide bonds. The molecule has 0 fully saturated rings. The van der Waals surface area contributed by atoms with Crippen LogP contribution in [0.1, 0.15) is 0 Å². The number of hydrogen-bond acceptors (Lipinski definition) is 1. The summed E-state index contributed by atoms with van der Waals surface area (Å²) in [4.78, 5) is 0. The summed E-state index contributed by atoms with van der Waals surface area (Å²) in [7, 11) is 0. The third-order valence-electron chi connectivity index (χ3n) is 0.132. The molecule has 0 aliphatic carbocycles. The van der Waals surface area contributed by atoms with Gasteiger partial charge in [-0.15, -0.1) is 0 Å². The first kappa shape index (κ1) is 10.0. The van der Waals surface area contributed by atoms with Crippen LogP contribution in [0.4, 0.5) is 17.2 Å². The Morgan fingerprint density at radius 3 is 0.889 bits per heavy atom. The Kier molecular flexibility index (Phi) is 3.27. The van der Waals surface area contributed by atoms with E-state index in [0.717, 1.165) is 0 Å². The van der Waals surface area contributed by atoms with Crippen LogP contribution in [-0.2, 0) is 1.40 Å². The van der Waals surface area contributed by atoms with Gasteiger partial charge in [-0.1, -0.05) is 0 Å². The molecule has 64 valence electrons. The fourth-order valence-corrected chi connectivity index (χ4v) is 3.37. The summed E-state index contributed by atoms with van der Waals surface area (Å²) < 4.78 is 67.0. The standard InChI is InChI=1S/F6I2O/c1-7(2,3)9-8(4,5)6/q-2. The van der Waals surface area contributed by atoms with Crippen LogP contribution >= 0.6 is 0 Å². The van der Waals surface area contributed by atoms with E-state index in [9.17, 15) is 17.2 Å². The van der Waals surface area contributed by atoms with Crippen molar-refractivity contribution in [3.63, 3.8) is 0 Å². The Labute approximate surface area is 59.5 Å². The molecule has 0 rings (SSSR count). The van der Waals surface area contributed by atoms with Crippen LogP contribution in [0, 0.1) is 0 Å². The van der Waals surface area contributed by atoms with E-state index in [2.05, 4.69) is 0 Å². The fraction of sp³-hybridized carbons (Fsp3) is 0. The van der Waals surface area contributed by atoms with E-state index < -0.39 is 41.1 Å². The normalized spacial score (nSPS) is 17.6. The topological polar surface area (TPSA) is 9.23 Å².